The van der Waals surface area contributed by atoms with Crippen LogP contribution in [0.3, 0.4) is 0 Å². The molecular weight excluding hydrogens is 551 g/mol. The molecule has 0 saturated carbocycles. The molecule has 0 spiro atoms. The quantitative estimate of drug-likeness (QED) is 0.209. The second kappa shape index (κ2) is 9.96. The van der Waals surface area contributed by atoms with Gasteiger partial charge in [-0.2, -0.15) is 8.75 Å². The number of anilines is 3. The van der Waals surface area contributed by atoms with Gasteiger partial charge < -0.3 is 4.90 Å². The van der Waals surface area contributed by atoms with Crippen LogP contribution in [-0.4, -0.2) is 13.7 Å². The van der Waals surface area contributed by atoms with Crippen LogP contribution in [-0.2, 0) is 0 Å². The molecule has 0 aliphatic carbocycles. The molecule has 0 radical (unpaired) electrons. The third-order valence-corrected chi connectivity index (χ3v) is 8.63. The Balaban J connectivity index is 1.34. The van der Waals surface area contributed by atoms with Crippen LogP contribution in [0.15, 0.2) is 106 Å². The number of nitrogens with zero attached hydrogens (tertiary/aromatic N) is 5. The highest BCUT2D eigenvalue weighted by Gasteiger charge is 2.19. The molecule has 0 aliphatic rings. The number of aromatic nitrogens is 3. The number of pyridine rings is 1. The molecule has 7 aromatic rings. The van der Waals surface area contributed by atoms with E-state index in [0.29, 0.717) is 21.8 Å². The van der Waals surface area contributed by atoms with Crippen LogP contribution in [0.25, 0.3) is 32.2 Å². The van der Waals surface area contributed by atoms with Crippen molar-refractivity contribution in [3.05, 3.63) is 128 Å². The fourth-order valence-electron chi connectivity index (χ4n) is 4.86. The van der Waals surface area contributed by atoms with E-state index in [1.54, 1.807) is 41.8 Å². The third-order valence-electron chi connectivity index (χ3n) is 7.00. The number of benzene rings is 3. The molecule has 0 bridgehead atoms. The van der Waals surface area contributed by atoms with Crippen molar-refractivity contribution in [1.82, 2.24) is 13.7 Å². The summed E-state index contributed by atoms with van der Waals surface area (Å²) in [6.07, 6.45) is 1.72. The summed E-state index contributed by atoms with van der Waals surface area (Å²) >= 11 is 2.69. The van der Waals surface area contributed by atoms with Gasteiger partial charge in [0.2, 0.25) is 5.43 Å². The molecule has 0 unspecified atom stereocenters. The van der Waals surface area contributed by atoms with E-state index >= 15 is 0 Å². The molecule has 3 heterocycles. The highest BCUT2D eigenvalue weighted by Crippen LogP contribution is 2.43. The smallest absolute Gasteiger partial charge is 0.252 e. The first-order valence-corrected chi connectivity index (χ1v) is 14.4. The molecule has 0 atom stereocenters. The normalized spacial score (nSPS) is 12.0. The fourth-order valence-corrected chi connectivity index (χ4v) is 6.48. The summed E-state index contributed by atoms with van der Waals surface area (Å²) < 4.78 is 9.02. The largest absolute Gasteiger partial charge is 0.302 e. The van der Waals surface area contributed by atoms with Gasteiger partial charge in [0.05, 0.1) is 11.7 Å². The van der Waals surface area contributed by atoms with Crippen LogP contribution in [0.1, 0.15) is 11.1 Å². The monoisotopic (exact) mass is 571 g/mol. The van der Waals surface area contributed by atoms with Crippen molar-refractivity contribution in [3.8, 4) is 10.4 Å². The Kier molecular flexibility index (Phi) is 6.10. The van der Waals surface area contributed by atoms with E-state index in [0.717, 1.165) is 38.5 Å². The number of hydrogen-bond acceptors (Lipinski definition) is 9. The number of thiophene rings is 1. The van der Waals surface area contributed by atoms with Gasteiger partial charge in [0.25, 0.3) is 5.43 Å². The van der Waals surface area contributed by atoms with Crippen LogP contribution in [0, 0.1) is 13.8 Å². The highest BCUT2D eigenvalue weighted by atomic mass is 32.1. The van der Waals surface area contributed by atoms with Crippen LogP contribution < -0.4 is 21.1 Å². The Morgan fingerprint density at radius 3 is 2.02 bits per heavy atom. The zero-order valence-electron chi connectivity index (χ0n) is 22.0. The molecule has 0 amide bonds. The van der Waals surface area contributed by atoms with Crippen molar-refractivity contribution in [3.63, 3.8) is 0 Å². The summed E-state index contributed by atoms with van der Waals surface area (Å²) in [6.45, 7) is 4.16. The Morgan fingerprint density at radius 1 is 0.707 bits per heavy atom. The minimum Gasteiger partial charge on any atom is -0.302 e. The van der Waals surface area contributed by atoms with Crippen molar-refractivity contribution in [1.29, 1.82) is 0 Å². The molecule has 0 aliphatic heterocycles. The molecule has 0 fully saturated rings. The van der Waals surface area contributed by atoms with E-state index in [4.69, 9.17) is 0 Å². The Morgan fingerprint density at radius 2 is 1.34 bits per heavy atom. The molecule has 0 N–H and O–H groups in total. The van der Waals surface area contributed by atoms with Crippen LogP contribution in [0.2, 0.25) is 0 Å². The summed E-state index contributed by atoms with van der Waals surface area (Å²) in [6, 6.07) is 28.0. The zero-order valence-corrected chi connectivity index (χ0v) is 23.7. The molecule has 198 valence electrons. The number of fused-ring (bicyclic) bond motifs is 2. The molecule has 4 aromatic carbocycles. The van der Waals surface area contributed by atoms with Crippen molar-refractivity contribution in [2.24, 2.45) is 4.99 Å². The average Bonchev–Trinajstić information content (AvgIpc) is 3.73. The lowest BCUT2D eigenvalue weighted by molar-refractivity contribution is 1.23. The van der Waals surface area contributed by atoms with Gasteiger partial charge in [-0.05, 0) is 50.2 Å². The first-order chi connectivity index (χ1) is 20.0. The molecule has 41 heavy (non-hydrogen) atoms. The molecule has 7 rings (SSSR count). The van der Waals surface area contributed by atoms with Gasteiger partial charge in [0, 0.05) is 38.8 Å². The van der Waals surface area contributed by atoms with E-state index in [1.807, 2.05) is 0 Å². The standard InChI is InChI=1S/C32H21N5O2S2/c1-18-7-11-20(12-8-18)37(21-13-9-19(2)10-14-21)26-16-15-25(40-26)24-17-33-32(29-27(24)35-41-36-29)34-28-22-5-3-4-6-23(22)30(38)31(28)39/h3-17H,1-2H3/b34-28-. The SMILES string of the molecule is Cc1ccc(N(c2ccc(C)cc2)c2ccc(-c3cnc(/N=c4\c(=O)c(=O)c5ccccc45)c4nsnc34)s2)cc1. The van der Waals surface area contributed by atoms with Crippen molar-refractivity contribution in [2.45, 2.75) is 13.8 Å². The summed E-state index contributed by atoms with van der Waals surface area (Å²) in [5, 5.41) is 2.00. The van der Waals surface area contributed by atoms with Gasteiger partial charge in [-0.3, -0.25) is 9.59 Å². The number of rotatable bonds is 5. The maximum atomic E-state index is 12.7. The molecule has 9 heteroatoms. The van der Waals surface area contributed by atoms with E-state index in [9.17, 15) is 9.59 Å². The average molecular weight is 572 g/mol. The highest BCUT2D eigenvalue weighted by molar-refractivity contribution is 7.19. The van der Waals surface area contributed by atoms with Crippen LogP contribution >= 0.6 is 23.1 Å². The van der Waals surface area contributed by atoms with Crippen molar-refractivity contribution < 1.29 is 0 Å². The van der Waals surface area contributed by atoms with Gasteiger partial charge in [-0.15, -0.1) is 11.3 Å². The van der Waals surface area contributed by atoms with Gasteiger partial charge in [0.1, 0.15) is 21.4 Å². The summed E-state index contributed by atoms with van der Waals surface area (Å²) in [5.74, 6) is 0.267. The Hall–Kier alpha value is -4.86. The minimum atomic E-state index is -0.636. The van der Waals surface area contributed by atoms with Crippen molar-refractivity contribution in [2.75, 3.05) is 4.90 Å². The van der Waals surface area contributed by atoms with Crippen LogP contribution in [0.5, 0.6) is 0 Å². The van der Waals surface area contributed by atoms with Gasteiger partial charge in [-0.1, -0.05) is 59.7 Å². The van der Waals surface area contributed by atoms with E-state index in [1.165, 1.54) is 11.1 Å². The van der Waals surface area contributed by atoms with Crippen molar-refractivity contribution >= 4 is 67.1 Å². The zero-order chi connectivity index (χ0) is 28.1. The molecular formula is C32H21N5O2S2. The van der Waals surface area contributed by atoms with E-state index in [2.05, 4.69) is 98.1 Å². The maximum absolute atomic E-state index is 12.7. The first-order valence-electron chi connectivity index (χ1n) is 12.9. The van der Waals surface area contributed by atoms with Gasteiger partial charge in [0.15, 0.2) is 5.82 Å². The number of aryl methyl sites for hydroxylation is 2. The summed E-state index contributed by atoms with van der Waals surface area (Å²) in [4.78, 5) is 37.5. The minimum absolute atomic E-state index is 0.0883. The lowest BCUT2D eigenvalue weighted by atomic mass is 10.1. The predicted octanol–water partition coefficient (Wildman–Crippen LogP) is 6.88. The maximum Gasteiger partial charge on any atom is 0.252 e. The molecule has 3 aromatic heterocycles. The van der Waals surface area contributed by atoms with Crippen LogP contribution in [0.4, 0.5) is 22.2 Å². The summed E-state index contributed by atoms with van der Waals surface area (Å²) in [5.41, 5.74) is 5.31. The second-order valence-corrected chi connectivity index (χ2v) is 11.4. The Bertz CT molecular complexity index is 2180. The van der Waals surface area contributed by atoms with E-state index < -0.39 is 10.9 Å². The molecule has 0 saturated heterocycles. The topological polar surface area (TPSA) is 88.4 Å². The first kappa shape index (κ1) is 25.1. The lowest BCUT2D eigenvalue weighted by Gasteiger charge is -2.24. The second-order valence-electron chi connectivity index (χ2n) is 9.77. The predicted molar refractivity (Wildman–Crippen MR) is 167 cm³/mol. The Labute approximate surface area is 242 Å². The molecule has 7 nitrogen and oxygen atoms in total. The lowest BCUT2D eigenvalue weighted by Crippen LogP contribution is -2.30. The van der Waals surface area contributed by atoms with Gasteiger partial charge >= 0.3 is 0 Å². The third kappa shape index (κ3) is 4.35. The van der Waals surface area contributed by atoms with E-state index in [-0.39, 0.29) is 11.2 Å². The fraction of sp³-hybridized carbons (Fsp3) is 0.0625. The van der Waals surface area contributed by atoms with Gasteiger partial charge in [-0.25, -0.2) is 9.98 Å². The summed E-state index contributed by atoms with van der Waals surface area (Å²) in [7, 11) is 0. The number of hydrogen-bond donors (Lipinski definition) is 0.